The summed E-state index contributed by atoms with van der Waals surface area (Å²) in [5, 5.41) is 11.8. The Morgan fingerprint density at radius 3 is 2.58 bits per heavy atom. The second-order valence-electron chi connectivity index (χ2n) is 10.6. The molecule has 192 valence electrons. The molecule has 4 heterocycles. The Balaban J connectivity index is 1.54. The van der Waals surface area contributed by atoms with Crippen LogP contribution in [0.3, 0.4) is 0 Å². The van der Waals surface area contributed by atoms with Crippen molar-refractivity contribution in [3.63, 3.8) is 0 Å². The van der Waals surface area contributed by atoms with Crippen molar-refractivity contribution in [3.05, 3.63) is 41.7 Å². The molecule has 0 bridgehead atoms. The number of aromatic nitrogens is 6. The molecule has 0 aliphatic carbocycles. The molecule has 0 saturated carbocycles. The van der Waals surface area contributed by atoms with Gasteiger partial charge in [-0.15, -0.1) is 0 Å². The van der Waals surface area contributed by atoms with Crippen molar-refractivity contribution in [3.8, 4) is 0 Å². The van der Waals surface area contributed by atoms with E-state index in [0.717, 1.165) is 25.1 Å². The monoisotopic (exact) mass is 493 g/mol. The van der Waals surface area contributed by atoms with Crippen molar-refractivity contribution in [2.45, 2.75) is 58.4 Å². The zero-order valence-corrected chi connectivity index (χ0v) is 21.8. The van der Waals surface area contributed by atoms with Gasteiger partial charge in [-0.1, -0.05) is 20.8 Å². The van der Waals surface area contributed by atoms with E-state index in [4.69, 9.17) is 10.7 Å². The van der Waals surface area contributed by atoms with Crippen LogP contribution < -0.4 is 16.0 Å². The van der Waals surface area contributed by atoms with Crippen molar-refractivity contribution in [2.24, 2.45) is 25.7 Å². The number of hydrogen-bond donors (Lipinski definition) is 2. The van der Waals surface area contributed by atoms with Gasteiger partial charge in [0.15, 0.2) is 17.3 Å². The van der Waals surface area contributed by atoms with Crippen molar-refractivity contribution in [2.75, 3.05) is 16.8 Å². The van der Waals surface area contributed by atoms with E-state index in [-0.39, 0.29) is 34.7 Å². The average Bonchev–Trinajstić information content (AvgIpc) is 3.40. The standard InChI is InChI=1S/C25H35N9O2/c1-15-16(10-19(35)18-11-20(25(2,3)4)31-33(18)6)8-7-9-34(15)21-13-27-22(23(26)36)24(30-21)29-17-12-28-32(5)14-17/h11-16H,7-10H2,1-6H3,(H2,26,36)(H,29,30)/t15-,16+/m1/s1. The number of amides is 1. The van der Waals surface area contributed by atoms with Crippen molar-refractivity contribution >= 4 is 29.0 Å². The predicted octanol–water partition coefficient (Wildman–Crippen LogP) is 2.96. The molecule has 11 heteroatoms. The van der Waals surface area contributed by atoms with Gasteiger partial charge < -0.3 is 16.0 Å². The minimum Gasteiger partial charge on any atom is -0.364 e. The van der Waals surface area contributed by atoms with Crippen LogP contribution in [-0.4, -0.2) is 53.8 Å². The molecule has 0 aromatic carbocycles. The SMILES string of the molecule is C[C@@H]1[C@H](CC(=O)c2cc(C(C)(C)C)nn2C)CCCN1c1cnc(C(N)=O)c(Nc2cnn(C)c2)n1. The molecule has 11 nitrogen and oxygen atoms in total. The highest BCUT2D eigenvalue weighted by molar-refractivity contribution is 5.96. The normalized spacial score (nSPS) is 18.3. The first-order valence-electron chi connectivity index (χ1n) is 12.2. The number of carbonyl (C=O) groups excluding carboxylic acids is 2. The summed E-state index contributed by atoms with van der Waals surface area (Å²) in [6.45, 7) is 9.16. The first kappa shape index (κ1) is 25.3. The maximum atomic E-state index is 13.3. The summed E-state index contributed by atoms with van der Waals surface area (Å²) in [6, 6.07) is 1.97. The minimum atomic E-state index is -0.665. The van der Waals surface area contributed by atoms with E-state index in [2.05, 4.69) is 53.1 Å². The number of Topliss-reactive ketones (excluding diaryl/α,β-unsaturated/α-hetero) is 1. The lowest BCUT2D eigenvalue weighted by atomic mass is 9.85. The maximum Gasteiger partial charge on any atom is 0.271 e. The van der Waals surface area contributed by atoms with Gasteiger partial charge in [0, 0.05) is 44.7 Å². The Hall–Kier alpha value is -3.76. The Morgan fingerprint density at radius 2 is 1.97 bits per heavy atom. The quantitative estimate of drug-likeness (QED) is 0.479. The summed E-state index contributed by atoms with van der Waals surface area (Å²) in [6.07, 6.45) is 7.27. The van der Waals surface area contributed by atoms with E-state index in [1.165, 1.54) is 0 Å². The molecule has 3 N–H and O–H groups in total. The zero-order valence-electron chi connectivity index (χ0n) is 21.8. The Morgan fingerprint density at radius 1 is 1.22 bits per heavy atom. The fourth-order valence-electron chi connectivity index (χ4n) is 4.66. The van der Waals surface area contributed by atoms with Gasteiger partial charge in [0.25, 0.3) is 5.91 Å². The number of aryl methyl sites for hydroxylation is 2. The molecular weight excluding hydrogens is 458 g/mol. The first-order chi connectivity index (χ1) is 16.9. The molecule has 0 unspecified atom stereocenters. The van der Waals surface area contributed by atoms with Gasteiger partial charge >= 0.3 is 0 Å². The molecule has 4 rings (SSSR count). The molecule has 36 heavy (non-hydrogen) atoms. The van der Waals surface area contributed by atoms with Gasteiger partial charge in [0.1, 0.15) is 11.5 Å². The molecule has 1 fully saturated rings. The molecule has 1 aliphatic heterocycles. The number of rotatable bonds is 7. The smallest absolute Gasteiger partial charge is 0.271 e. The molecule has 0 radical (unpaired) electrons. The third-order valence-corrected chi connectivity index (χ3v) is 6.78. The molecule has 2 atom stereocenters. The summed E-state index contributed by atoms with van der Waals surface area (Å²) >= 11 is 0. The lowest BCUT2D eigenvalue weighted by molar-refractivity contribution is 0.0935. The van der Waals surface area contributed by atoms with E-state index in [1.807, 2.05) is 13.1 Å². The summed E-state index contributed by atoms with van der Waals surface area (Å²) in [5.41, 5.74) is 7.70. The van der Waals surface area contributed by atoms with Crippen LogP contribution in [0.1, 0.15) is 73.6 Å². The van der Waals surface area contributed by atoms with Crippen LogP contribution in [0, 0.1) is 5.92 Å². The summed E-state index contributed by atoms with van der Waals surface area (Å²) in [7, 11) is 3.63. The largest absolute Gasteiger partial charge is 0.364 e. The molecule has 3 aromatic heterocycles. The Kier molecular flexibility index (Phi) is 6.83. The van der Waals surface area contributed by atoms with Crippen LogP contribution in [0.4, 0.5) is 17.3 Å². The van der Waals surface area contributed by atoms with Gasteiger partial charge in [0.2, 0.25) is 0 Å². The topological polar surface area (TPSA) is 137 Å². The van der Waals surface area contributed by atoms with Gasteiger partial charge in [-0.05, 0) is 31.7 Å². The third kappa shape index (κ3) is 5.24. The molecule has 1 saturated heterocycles. The second kappa shape index (κ2) is 9.71. The van der Waals surface area contributed by atoms with Crippen LogP contribution in [0.25, 0.3) is 0 Å². The number of nitrogens with two attached hydrogens (primary N) is 1. The molecule has 1 aliphatic rings. The lowest BCUT2D eigenvalue weighted by Gasteiger charge is -2.40. The zero-order chi connectivity index (χ0) is 26.2. The van der Waals surface area contributed by atoms with Crippen LogP contribution in [-0.2, 0) is 19.5 Å². The Bertz CT molecular complexity index is 1270. The van der Waals surface area contributed by atoms with Crippen LogP contribution in [0.15, 0.2) is 24.7 Å². The fraction of sp³-hybridized carbons (Fsp3) is 0.520. The number of carbonyl (C=O) groups is 2. The number of anilines is 3. The minimum absolute atomic E-state index is 0.0537. The third-order valence-electron chi connectivity index (χ3n) is 6.78. The predicted molar refractivity (Wildman–Crippen MR) is 137 cm³/mol. The summed E-state index contributed by atoms with van der Waals surface area (Å²) in [5.74, 6) is 0.482. The van der Waals surface area contributed by atoms with Gasteiger partial charge in [-0.25, -0.2) is 9.97 Å². The highest BCUT2D eigenvalue weighted by Gasteiger charge is 2.32. The van der Waals surface area contributed by atoms with E-state index in [9.17, 15) is 9.59 Å². The van der Waals surface area contributed by atoms with Gasteiger partial charge in [-0.3, -0.25) is 19.0 Å². The fourth-order valence-corrected chi connectivity index (χ4v) is 4.66. The number of hydrogen-bond acceptors (Lipinski definition) is 8. The number of piperidine rings is 1. The van der Waals surface area contributed by atoms with Crippen molar-refractivity contribution < 1.29 is 9.59 Å². The summed E-state index contributed by atoms with van der Waals surface area (Å²) in [4.78, 5) is 36.4. The number of nitrogens with one attached hydrogen (secondary N) is 1. The highest BCUT2D eigenvalue weighted by atomic mass is 16.1. The van der Waals surface area contributed by atoms with E-state index in [1.54, 1.807) is 35.0 Å². The van der Waals surface area contributed by atoms with Crippen molar-refractivity contribution in [1.29, 1.82) is 0 Å². The second-order valence-corrected chi connectivity index (χ2v) is 10.6. The van der Waals surface area contributed by atoms with E-state index < -0.39 is 5.91 Å². The molecular formula is C25H35N9O2. The lowest BCUT2D eigenvalue weighted by Crippen LogP contribution is -2.44. The molecule has 1 amide bonds. The van der Waals surface area contributed by atoms with Crippen LogP contribution in [0.2, 0.25) is 0 Å². The van der Waals surface area contributed by atoms with E-state index >= 15 is 0 Å². The van der Waals surface area contributed by atoms with Crippen LogP contribution in [0.5, 0.6) is 0 Å². The molecule has 0 spiro atoms. The summed E-state index contributed by atoms with van der Waals surface area (Å²) < 4.78 is 3.34. The molecule has 3 aromatic rings. The maximum absolute atomic E-state index is 13.3. The highest BCUT2D eigenvalue weighted by Crippen LogP contribution is 2.32. The van der Waals surface area contributed by atoms with Gasteiger partial charge in [-0.2, -0.15) is 10.2 Å². The number of nitrogens with zero attached hydrogens (tertiary/aromatic N) is 7. The van der Waals surface area contributed by atoms with Crippen LogP contribution >= 0.6 is 0 Å². The van der Waals surface area contributed by atoms with E-state index in [0.29, 0.717) is 23.6 Å². The first-order valence-corrected chi connectivity index (χ1v) is 12.2. The average molecular weight is 494 g/mol. The van der Waals surface area contributed by atoms with Gasteiger partial charge in [0.05, 0.1) is 23.8 Å². The Labute approximate surface area is 211 Å². The van der Waals surface area contributed by atoms with Crippen molar-refractivity contribution in [1.82, 2.24) is 29.5 Å². The number of ketones is 1. The number of primary amides is 1.